The number of alkyl halides is 3. The van der Waals surface area contributed by atoms with Crippen molar-refractivity contribution < 1.29 is 22.8 Å². The van der Waals surface area contributed by atoms with Gasteiger partial charge in [-0.1, -0.05) is 6.07 Å². The van der Waals surface area contributed by atoms with Crippen LogP contribution in [0, 0.1) is 0 Å². The summed E-state index contributed by atoms with van der Waals surface area (Å²) in [7, 11) is 0. The molecule has 0 bridgehead atoms. The fourth-order valence-electron chi connectivity index (χ4n) is 1.73. The molecule has 0 radical (unpaired) electrons. The van der Waals surface area contributed by atoms with Gasteiger partial charge in [-0.15, -0.1) is 0 Å². The minimum absolute atomic E-state index is 0.180. The van der Waals surface area contributed by atoms with Gasteiger partial charge in [-0.2, -0.15) is 13.2 Å². The van der Waals surface area contributed by atoms with Gasteiger partial charge in [0, 0.05) is 5.56 Å². The van der Waals surface area contributed by atoms with E-state index in [1.807, 2.05) is 0 Å². The lowest BCUT2D eigenvalue weighted by Gasteiger charge is -2.08. The van der Waals surface area contributed by atoms with E-state index >= 15 is 0 Å². The summed E-state index contributed by atoms with van der Waals surface area (Å²) in [5, 5.41) is 5.32. The Labute approximate surface area is 126 Å². The maximum atomic E-state index is 12.3. The van der Waals surface area contributed by atoms with E-state index in [1.54, 1.807) is 0 Å². The lowest BCUT2D eigenvalue weighted by molar-refractivity contribution is -0.137. The van der Waals surface area contributed by atoms with Crippen LogP contribution in [0.15, 0.2) is 24.3 Å². The van der Waals surface area contributed by atoms with Crippen molar-refractivity contribution in [2.45, 2.75) is 19.0 Å². The van der Waals surface area contributed by atoms with Crippen molar-refractivity contribution in [1.82, 2.24) is 10.6 Å². The van der Waals surface area contributed by atoms with Crippen molar-refractivity contribution >= 4 is 11.8 Å². The third-order valence-electron chi connectivity index (χ3n) is 2.83. The third-order valence-corrected chi connectivity index (χ3v) is 2.83. The van der Waals surface area contributed by atoms with Crippen LogP contribution in [0.1, 0.15) is 28.8 Å². The van der Waals surface area contributed by atoms with E-state index in [1.165, 1.54) is 32.0 Å². The van der Waals surface area contributed by atoms with Gasteiger partial charge in [0.25, 0.3) is 5.91 Å². The van der Waals surface area contributed by atoms with E-state index in [4.69, 9.17) is 5.73 Å². The first-order valence-electron chi connectivity index (χ1n) is 6.75. The largest absolute Gasteiger partial charge is 0.416 e. The lowest BCUT2D eigenvalue weighted by atomic mass is 10.1. The number of carbonyl (C=O) groups is 2. The molecule has 1 aliphatic heterocycles. The second-order valence-electron chi connectivity index (χ2n) is 4.68. The van der Waals surface area contributed by atoms with Crippen molar-refractivity contribution in [1.29, 1.82) is 0 Å². The molecule has 0 spiro atoms. The first-order chi connectivity index (χ1) is 10.3. The number of carbonyl (C=O) groups excluding carboxylic acids is 2. The zero-order valence-corrected chi connectivity index (χ0v) is 11.9. The van der Waals surface area contributed by atoms with Gasteiger partial charge in [-0.3, -0.25) is 9.59 Å². The number of primary amides is 1. The number of hydrogen-bond acceptors (Lipinski definition) is 3. The SMILES string of the molecule is C1CCNC1.NC(=O)CNC(=O)c1cccc(C(F)(F)F)c1. The second-order valence-corrected chi connectivity index (χ2v) is 4.68. The summed E-state index contributed by atoms with van der Waals surface area (Å²) in [6.45, 7) is 2.08. The van der Waals surface area contributed by atoms with E-state index in [0.29, 0.717) is 6.07 Å². The number of nitrogens with two attached hydrogens (primary N) is 1. The van der Waals surface area contributed by atoms with Gasteiger partial charge in [0.05, 0.1) is 12.1 Å². The van der Waals surface area contributed by atoms with Crippen LogP contribution in [0.3, 0.4) is 0 Å². The molecule has 122 valence electrons. The highest BCUT2D eigenvalue weighted by molar-refractivity contribution is 5.96. The van der Waals surface area contributed by atoms with Gasteiger partial charge in [0.1, 0.15) is 0 Å². The highest BCUT2D eigenvalue weighted by Crippen LogP contribution is 2.29. The Bertz CT molecular complexity index is 507. The van der Waals surface area contributed by atoms with Gasteiger partial charge < -0.3 is 16.4 Å². The molecule has 22 heavy (non-hydrogen) atoms. The fourth-order valence-corrected chi connectivity index (χ4v) is 1.73. The minimum atomic E-state index is -4.51. The quantitative estimate of drug-likeness (QED) is 0.785. The standard InChI is InChI=1S/C10H9F3N2O2.C4H9N/c11-10(12,13)7-3-1-2-6(4-7)9(17)15-5-8(14)16;1-2-4-5-3-1/h1-4H,5H2,(H2,14,16)(H,15,17);5H,1-4H2. The average molecular weight is 317 g/mol. The highest BCUT2D eigenvalue weighted by atomic mass is 19.4. The van der Waals surface area contributed by atoms with E-state index in [2.05, 4.69) is 10.6 Å². The molecule has 1 aromatic carbocycles. The number of rotatable bonds is 3. The van der Waals surface area contributed by atoms with Crippen molar-refractivity contribution in [2.24, 2.45) is 5.73 Å². The van der Waals surface area contributed by atoms with E-state index < -0.39 is 30.1 Å². The van der Waals surface area contributed by atoms with Crippen LogP contribution >= 0.6 is 0 Å². The second kappa shape index (κ2) is 8.38. The number of hydrogen-bond donors (Lipinski definition) is 3. The van der Waals surface area contributed by atoms with Crippen molar-refractivity contribution in [2.75, 3.05) is 19.6 Å². The average Bonchev–Trinajstić information content (AvgIpc) is 3.03. The Hall–Kier alpha value is -2.09. The van der Waals surface area contributed by atoms with Crippen molar-refractivity contribution in [3.05, 3.63) is 35.4 Å². The van der Waals surface area contributed by atoms with Gasteiger partial charge in [-0.25, -0.2) is 0 Å². The molecule has 0 aromatic heterocycles. The predicted octanol–water partition coefficient (Wildman–Crippen LogP) is 1.29. The van der Waals surface area contributed by atoms with Crippen LogP contribution in [0.5, 0.6) is 0 Å². The summed E-state index contributed by atoms with van der Waals surface area (Å²) in [5.74, 6) is -1.56. The van der Waals surface area contributed by atoms with E-state index in [0.717, 1.165) is 12.1 Å². The molecular weight excluding hydrogens is 299 g/mol. The normalized spacial score (nSPS) is 14.0. The van der Waals surface area contributed by atoms with E-state index in [-0.39, 0.29) is 5.56 Å². The zero-order chi connectivity index (χ0) is 16.6. The predicted molar refractivity (Wildman–Crippen MR) is 75.1 cm³/mol. The summed E-state index contributed by atoms with van der Waals surface area (Å²) in [5.41, 5.74) is 3.68. The number of amides is 2. The molecule has 2 amide bonds. The topological polar surface area (TPSA) is 84.2 Å². The number of halogens is 3. The Morgan fingerprint density at radius 1 is 1.23 bits per heavy atom. The van der Waals surface area contributed by atoms with Gasteiger partial charge in [0.2, 0.25) is 5.91 Å². The highest BCUT2D eigenvalue weighted by Gasteiger charge is 2.30. The molecule has 1 aromatic rings. The fraction of sp³-hybridized carbons (Fsp3) is 0.429. The Morgan fingerprint density at radius 3 is 2.32 bits per heavy atom. The number of benzene rings is 1. The van der Waals surface area contributed by atoms with Crippen molar-refractivity contribution in [3.63, 3.8) is 0 Å². The Morgan fingerprint density at radius 2 is 1.86 bits per heavy atom. The molecule has 8 heteroatoms. The maximum Gasteiger partial charge on any atom is 0.416 e. The van der Waals surface area contributed by atoms with Crippen LogP contribution < -0.4 is 16.4 Å². The monoisotopic (exact) mass is 317 g/mol. The Kier molecular flexibility index (Phi) is 6.84. The minimum Gasteiger partial charge on any atom is -0.368 e. The summed E-state index contributed by atoms with van der Waals surface area (Å²) in [6, 6.07) is 3.88. The molecule has 0 aliphatic carbocycles. The molecule has 2 rings (SSSR count). The summed E-state index contributed by atoms with van der Waals surface area (Å²) in [4.78, 5) is 21.7. The summed E-state index contributed by atoms with van der Waals surface area (Å²) < 4.78 is 37.0. The molecule has 0 saturated carbocycles. The molecule has 0 atom stereocenters. The molecule has 1 heterocycles. The van der Waals surface area contributed by atoms with Gasteiger partial charge in [0.15, 0.2) is 0 Å². The van der Waals surface area contributed by atoms with Crippen LogP contribution in [0.2, 0.25) is 0 Å². The first kappa shape index (κ1) is 18.0. The zero-order valence-electron chi connectivity index (χ0n) is 11.9. The van der Waals surface area contributed by atoms with E-state index in [9.17, 15) is 22.8 Å². The lowest BCUT2D eigenvalue weighted by Crippen LogP contribution is -2.33. The van der Waals surface area contributed by atoms with Gasteiger partial charge in [-0.05, 0) is 44.1 Å². The first-order valence-corrected chi connectivity index (χ1v) is 6.75. The van der Waals surface area contributed by atoms with Crippen LogP contribution in [-0.2, 0) is 11.0 Å². The molecular formula is C14H18F3N3O2. The summed E-state index contributed by atoms with van der Waals surface area (Å²) in [6.07, 6.45) is -1.74. The van der Waals surface area contributed by atoms with Crippen LogP contribution in [0.25, 0.3) is 0 Å². The molecule has 1 saturated heterocycles. The van der Waals surface area contributed by atoms with Gasteiger partial charge >= 0.3 is 6.18 Å². The third kappa shape index (κ3) is 6.57. The van der Waals surface area contributed by atoms with Crippen LogP contribution in [0.4, 0.5) is 13.2 Å². The summed E-state index contributed by atoms with van der Waals surface area (Å²) >= 11 is 0. The molecule has 0 unspecified atom stereocenters. The smallest absolute Gasteiger partial charge is 0.368 e. The van der Waals surface area contributed by atoms with Crippen LogP contribution in [-0.4, -0.2) is 31.4 Å². The Balaban J connectivity index is 0.000000406. The molecule has 4 N–H and O–H groups in total. The maximum absolute atomic E-state index is 12.3. The van der Waals surface area contributed by atoms with Crippen molar-refractivity contribution in [3.8, 4) is 0 Å². The molecule has 1 aliphatic rings. The number of nitrogens with one attached hydrogen (secondary N) is 2. The molecule has 1 fully saturated rings. The molecule has 5 nitrogen and oxygen atoms in total.